The molecule has 2 saturated heterocycles. The molecule has 2 heterocycles. The summed E-state index contributed by atoms with van der Waals surface area (Å²) in [5, 5.41) is 3.14. The predicted octanol–water partition coefficient (Wildman–Crippen LogP) is 3.32. The first-order valence-electron chi connectivity index (χ1n) is 11.0. The van der Waals surface area contributed by atoms with E-state index in [2.05, 4.69) is 52.4 Å². The average Bonchev–Trinajstić information content (AvgIpc) is 2.73. The third-order valence-electron chi connectivity index (χ3n) is 6.29. The molecular formula is C23H37N3O. The van der Waals surface area contributed by atoms with Gasteiger partial charge in [-0.2, -0.15) is 0 Å². The van der Waals surface area contributed by atoms with Gasteiger partial charge in [-0.05, 0) is 63.7 Å². The Labute approximate surface area is 165 Å². The van der Waals surface area contributed by atoms with Crippen molar-refractivity contribution < 1.29 is 4.79 Å². The lowest BCUT2D eigenvalue weighted by Crippen LogP contribution is -2.51. The van der Waals surface area contributed by atoms with Crippen LogP contribution in [0.2, 0.25) is 0 Å². The maximum atomic E-state index is 12.4. The average molecular weight is 372 g/mol. The number of piperidine rings is 2. The minimum atomic E-state index is 0.201. The molecule has 0 radical (unpaired) electrons. The number of carbonyl (C=O) groups is 1. The van der Waals surface area contributed by atoms with E-state index >= 15 is 0 Å². The minimum Gasteiger partial charge on any atom is -0.356 e. The van der Waals surface area contributed by atoms with E-state index in [1.54, 1.807) is 0 Å². The number of carbonyl (C=O) groups excluding carboxylic acids is 1. The van der Waals surface area contributed by atoms with Crippen LogP contribution in [0.5, 0.6) is 0 Å². The molecule has 150 valence electrons. The molecule has 1 amide bonds. The zero-order valence-electron chi connectivity index (χ0n) is 17.0. The van der Waals surface area contributed by atoms with Crippen molar-refractivity contribution in [2.45, 2.75) is 57.9 Å². The number of hydrogen-bond donors (Lipinski definition) is 1. The minimum absolute atomic E-state index is 0.201. The van der Waals surface area contributed by atoms with Crippen LogP contribution in [0.1, 0.15) is 51.0 Å². The van der Waals surface area contributed by atoms with Gasteiger partial charge in [-0.15, -0.1) is 0 Å². The molecule has 1 N–H and O–H groups in total. The number of hydrogen-bond acceptors (Lipinski definition) is 3. The van der Waals surface area contributed by atoms with Gasteiger partial charge in [0.25, 0.3) is 0 Å². The molecule has 2 fully saturated rings. The van der Waals surface area contributed by atoms with Crippen LogP contribution in [0, 0.1) is 5.92 Å². The third-order valence-corrected chi connectivity index (χ3v) is 6.29. The Bertz CT molecular complexity index is 554. The number of benzene rings is 1. The SMILES string of the molecule is CCCCNC(=O)C1CCCN(C2CCN(CCc3ccccc3)CC2)C1. The number of rotatable bonds is 8. The quantitative estimate of drug-likeness (QED) is 0.712. The van der Waals surface area contributed by atoms with Crippen molar-refractivity contribution >= 4 is 5.91 Å². The van der Waals surface area contributed by atoms with E-state index in [0.717, 1.165) is 38.8 Å². The van der Waals surface area contributed by atoms with Gasteiger partial charge in [0.05, 0.1) is 5.92 Å². The molecule has 0 bridgehead atoms. The van der Waals surface area contributed by atoms with Crippen LogP contribution in [0.3, 0.4) is 0 Å². The molecule has 2 aliphatic rings. The molecule has 0 aromatic heterocycles. The Morgan fingerprint density at radius 1 is 1.11 bits per heavy atom. The number of amides is 1. The van der Waals surface area contributed by atoms with Crippen LogP contribution < -0.4 is 5.32 Å². The fraction of sp³-hybridized carbons (Fsp3) is 0.696. The number of nitrogens with zero attached hydrogens (tertiary/aromatic N) is 2. The van der Waals surface area contributed by atoms with Gasteiger partial charge in [0, 0.05) is 25.7 Å². The highest BCUT2D eigenvalue weighted by Crippen LogP contribution is 2.24. The Hall–Kier alpha value is -1.39. The van der Waals surface area contributed by atoms with E-state index in [0.29, 0.717) is 6.04 Å². The maximum Gasteiger partial charge on any atom is 0.224 e. The van der Waals surface area contributed by atoms with Gasteiger partial charge in [-0.3, -0.25) is 9.69 Å². The van der Waals surface area contributed by atoms with Crippen LogP contribution in [0.4, 0.5) is 0 Å². The zero-order valence-corrected chi connectivity index (χ0v) is 17.0. The van der Waals surface area contributed by atoms with Crippen molar-refractivity contribution in [1.29, 1.82) is 0 Å². The van der Waals surface area contributed by atoms with Crippen LogP contribution >= 0.6 is 0 Å². The van der Waals surface area contributed by atoms with Crippen molar-refractivity contribution in [3.8, 4) is 0 Å². The van der Waals surface area contributed by atoms with Gasteiger partial charge in [0.15, 0.2) is 0 Å². The number of likely N-dealkylation sites (tertiary alicyclic amines) is 2. The lowest BCUT2D eigenvalue weighted by molar-refractivity contribution is -0.127. The molecule has 0 saturated carbocycles. The smallest absolute Gasteiger partial charge is 0.224 e. The summed E-state index contributed by atoms with van der Waals surface area (Å²) in [4.78, 5) is 17.7. The molecule has 2 aliphatic heterocycles. The summed E-state index contributed by atoms with van der Waals surface area (Å²) in [6.07, 6.45) is 8.10. The molecule has 0 spiro atoms. The molecule has 4 heteroatoms. The molecule has 0 aliphatic carbocycles. The Morgan fingerprint density at radius 3 is 2.63 bits per heavy atom. The standard InChI is InChI=1S/C23H37N3O/c1-2-3-14-24-23(27)21-10-7-15-26(19-21)22-12-17-25(18-13-22)16-11-20-8-5-4-6-9-20/h4-6,8-9,21-22H,2-3,7,10-19H2,1H3,(H,24,27). The van der Waals surface area contributed by atoms with E-state index in [9.17, 15) is 4.79 Å². The Balaban J connectivity index is 1.39. The first-order valence-corrected chi connectivity index (χ1v) is 11.0. The summed E-state index contributed by atoms with van der Waals surface area (Å²) < 4.78 is 0. The van der Waals surface area contributed by atoms with E-state index in [-0.39, 0.29) is 11.8 Å². The summed E-state index contributed by atoms with van der Waals surface area (Å²) in [7, 11) is 0. The topological polar surface area (TPSA) is 35.6 Å². The van der Waals surface area contributed by atoms with Gasteiger partial charge in [-0.25, -0.2) is 0 Å². The first kappa shape index (κ1) is 20.3. The van der Waals surface area contributed by atoms with E-state index in [1.807, 2.05) is 0 Å². The summed E-state index contributed by atoms with van der Waals surface area (Å²) in [6, 6.07) is 11.5. The molecule has 1 aromatic carbocycles. The third kappa shape index (κ3) is 6.32. The monoisotopic (exact) mass is 371 g/mol. The molecule has 4 nitrogen and oxygen atoms in total. The van der Waals surface area contributed by atoms with Crippen LogP contribution in [-0.2, 0) is 11.2 Å². The highest BCUT2D eigenvalue weighted by molar-refractivity contribution is 5.78. The number of unbranched alkanes of at least 4 members (excludes halogenated alkanes) is 1. The van der Waals surface area contributed by atoms with Crippen molar-refractivity contribution in [1.82, 2.24) is 15.1 Å². The van der Waals surface area contributed by atoms with Crippen LogP contribution in [-0.4, -0.2) is 61.0 Å². The lowest BCUT2D eigenvalue weighted by Gasteiger charge is -2.42. The molecule has 1 unspecified atom stereocenters. The van der Waals surface area contributed by atoms with Crippen molar-refractivity contribution in [2.24, 2.45) is 5.92 Å². The Morgan fingerprint density at radius 2 is 1.89 bits per heavy atom. The molecule has 1 aromatic rings. The summed E-state index contributed by atoms with van der Waals surface area (Å²) in [5.41, 5.74) is 1.44. The maximum absolute atomic E-state index is 12.4. The van der Waals surface area contributed by atoms with E-state index < -0.39 is 0 Å². The van der Waals surface area contributed by atoms with Crippen molar-refractivity contribution in [3.05, 3.63) is 35.9 Å². The largest absolute Gasteiger partial charge is 0.356 e. The normalized spacial score (nSPS) is 22.6. The molecular weight excluding hydrogens is 334 g/mol. The second kappa shape index (κ2) is 10.8. The Kier molecular flexibility index (Phi) is 8.15. The highest BCUT2D eigenvalue weighted by Gasteiger charge is 2.31. The van der Waals surface area contributed by atoms with Gasteiger partial charge < -0.3 is 10.2 Å². The van der Waals surface area contributed by atoms with Crippen molar-refractivity contribution in [2.75, 3.05) is 39.3 Å². The first-order chi connectivity index (χ1) is 13.3. The summed E-state index contributed by atoms with van der Waals surface area (Å²) >= 11 is 0. The lowest BCUT2D eigenvalue weighted by atomic mass is 9.93. The highest BCUT2D eigenvalue weighted by atomic mass is 16.1. The second-order valence-corrected chi connectivity index (χ2v) is 8.29. The predicted molar refractivity (Wildman–Crippen MR) is 112 cm³/mol. The molecule has 1 atom stereocenters. The van der Waals surface area contributed by atoms with Gasteiger partial charge in [0.1, 0.15) is 0 Å². The number of nitrogens with one attached hydrogen (secondary N) is 1. The summed E-state index contributed by atoms with van der Waals surface area (Å²) in [5.74, 6) is 0.486. The van der Waals surface area contributed by atoms with Crippen LogP contribution in [0.15, 0.2) is 30.3 Å². The van der Waals surface area contributed by atoms with Gasteiger partial charge >= 0.3 is 0 Å². The molecule has 27 heavy (non-hydrogen) atoms. The fourth-order valence-electron chi connectivity index (χ4n) is 4.52. The fourth-order valence-corrected chi connectivity index (χ4v) is 4.52. The van der Waals surface area contributed by atoms with E-state index in [4.69, 9.17) is 0 Å². The van der Waals surface area contributed by atoms with Crippen LogP contribution in [0.25, 0.3) is 0 Å². The van der Waals surface area contributed by atoms with Gasteiger partial charge in [0.2, 0.25) is 5.91 Å². The second-order valence-electron chi connectivity index (χ2n) is 8.29. The zero-order chi connectivity index (χ0) is 18.9. The van der Waals surface area contributed by atoms with Crippen molar-refractivity contribution in [3.63, 3.8) is 0 Å². The molecule has 3 rings (SSSR count). The van der Waals surface area contributed by atoms with E-state index in [1.165, 1.54) is 51.0 Å². The summed E-state index contributed by atoms with van der Waals surface area (Å²) in [6.45, 7) is 8.70. The van der Waals surface area contributed by atoms with Gasteiger partial charge in [-0.1, -0.05) is 43.7 Å².